The summed E-state index contributed by atoms with van der Waals surface area (Å²) in [7, 11) is 0. The van der Waals surface area contributed by atoms with E-state index in [0.717, 1.165) is 12.1 Å². The summed E-state index contributed by atoms with van der Waals surface area (Å²) in [6.45, 7) is 6.13. The quantitative estimate of drug-likeness (QED) is 0.842. The summed E-state index contributed by atoms with van der Waals surface area (Å²) >= 11 is 1.60. The second-order valence-corrected chi connectivity index (χ2v) is 5.87. The van der Waals surface area contributed by atoms with E-state index >= 15 is 0 Å². The minimum Gasteiger partial charge on any atom is -0.440 e. The van der Waals surface area contributed by atoms with Crippen molar-refractivity contribution in [3.63, 3.8) is 0 Å². The molecule has 0 saturated heterocycles. The number of thioether (sulfide) groups is 1. The SMILES string of the molecule is CCC(N)C(Sc1nc(C)co1)c1cccc(C)c1. The Kier molecular flexibility index (Phi) is 4.66. The van der Waals surface area contributed by atoms with Crippen LogP contribution >= 0.6 is 11.8 Å². The van der Waals surface area contributed by atoms with Gasteiger partial charge in [-0.15, -0.1) is 0 Å². The van der Waals surface area contributed by atoms with E-state index in [1.807, 2.05) is 6.92 Å². The molecule has 0 bridgehead atoms. The van der Waals surface area contributed by atoms with Crippen LogP contribution in [0.2, 0.25) is 0 Å². The van der Waals surface area contributed by atoms with E-state index in [4.69, 9.17) is 10.2 Å². The number of rotatable bonds is 5. The molecular weight excluding hydrogens is 256 g/mol. The Morgan fingerprint density at radius 1 is 1.37 bits per heavy atom. The second kappa shape index (κ2) is 6.26. The fourth-order valence-corrected chi connectivity index (χ4v) is 3.13. The molecule has 2 N–H and O–H groups in total. The Morgan fingerprint density at radius 2 is 2.16 bits per heavy atom. The van der Waals surface area contributed by atoms with Crippen LogP contribution in [0, 0.1) is 13.8 Å². The van der Waals surface area contributed by atoms with Gasteiger partial charge in [0.15, 0.2) is 0 Å². The number of aromatic nitrogens is 1. The number of benzene rings is 1. The molecule has 0 radical (unpaired) electrons. The van der Waals surface area contributed by atoms with Crippen LogP contribution in [0.3, 0.4) is 0 Å². The molecule has 0 spiro atoms. The van der Waals surface area contributed by atoms with Crippen molar-refractivity contribution in [2.45, 2.75) is 43.7 Å². The van der Waals surface area contributed by atoms with Crippen molar-refractivity contribution in [1.82, 2.24) is 4.98 Å². The van der Waals surface area contributed by atoms with Gasteiger partial charge < -0.3 is 10.2 Å². The average molecular weight is 276 g/mol. The summed E-state index contributed by atoms with van der Waals surface area (Å²) in [5, 5.41) is 0.857. The summed E-state index contributed by atoms with van der Waals surface area (Å²) in [6.07, 6.45) is 2.60. The van der Waals surface area contributed by atoms with E-state index in [0.29, 0.717) is 5.22 Å². The van der Waals surface area contributed by atoms with Crippen LogP contribution in [0.25, 0.3) is 0 Å². The van der Waals surface area contributed by atoms with Crippen molar-refractivity contribution < 1.29 is 4.42 Å². The highest BCUT2D eigenvalue weighted by atomic mass is 32.2. The van der Waals surface area contributed by atoms with Crippen molar-refractivity contribution in [1.29, 1.82) is 0 Å². The summed E-state index contributed by atoms with van der Waals surface area (Å²) in [5.74, 6) is 0. The van der Waals surface area contributed by atoms with Crippen LogP contribution in [0.5, 0.6) is 0 Å². The predicted molar refractivity (Wildman–Crippen MR) is 79.3 cm³/mol. The summed E-state index contributed by atoms with van der Waals surface area (Å²) in [6, 6.07) is 8.55. The predicted octanol–water partition coefficient (Wildman–Crippen LogP) is 3.86. The third-order valence-corrected chi connectivity index (χ3v) is 4.32. The van der Waals surface area contributed by atoms with Crippen LogP contribution in [0.15, 0.2) is 40.2 Å². The molecule has 0 aliphatic rings. The molecule has 0 aliphatic carbocycles. The number of oxazole rings is 1. The molecule has 2 unspecified atom stereocenters. The van der Waals surface area contributed by atoms with Gasteiger partial charge in [-0.25, -0.2) is 4.98 Å². The summed E-state index contributed by atoms with van der Waals surface area (Å²) < 4.78 is 5.44. The Hall–Kier alpha value is -1.26. The monoisotopic (exact) mass is 276 g/mol. The molecule has 0 amide bonds. The zero-order chi connectivity index (χ0) is 13.8. The third-order valence-electron chi connectivity index (χ3n) is 3.06. The van der Waals surface area contributed by atoms with Gasteiger partial charge in [-0.05, 0) is 25.8 Å². The average Bonchev–Trinajstić information content (AvgIpc) is 2.80. The van der Waals surface area contributed by atoms with E-state index in [9.17, 15) is 0 Å². The van der Waals surface area contributed by atoms with Gasteiger partial charge >= 0.3 is 0 Å². The number of aryl methyl sites for hydroxylation is 2. The number of hydrogen-bond donors (Lipinski definition) is 1. The molecule has 19 heavy (non-hydrogen) atoms. The van der Waals surface area contributed by atoms with E-state index in [1.54, 1.807) is 18.0 Å². The number of nitrogens with two attached hydrogens (primary N) is 1. The maximum absolute atomic E-state index is 6.26. The van der Waals surface area contributed by atoms with E-state index < -0.39 is 0 Å². The highest BCUT2D eigenvalue weighted by Crippen LogP contribution is 2.37. The minimum atomic E-state index is 0.0824. The molecule has 4 heteroatoms. The zero-order valence-electron chi connectivity index (χ0n) is 11.6. The van der Waals surface area contributed by atoms with Crippen LogP contribution in [-0.2, 0) is 0 Å². The first-order valence-electron chi connectivity index (χ1n) is 6.51. The van der Waals surface area contributed by atoms with Crippen molar-refractivity contribution in [3.8, 4) is 0 Å². The topological polar surface area (TPSA) is 52.0 Å². The molecule has 1 aromatic heterocycles. The van der Waals surface area contributed by atoms with Gasteiger partial charge in [0.2, 0.25) is 0 Å². The first kappa shape index (κ1) is 14.2. The Morgan fingerprint density at radius 3 is 2.74 bits per heavy atom. The summed E-state index contributed by atoms with van der Waals surface area (Å²) in [5.41, 5.74) is 9.64. The molecule has 2 atom stereocenters. The lowest BCUT2D eigenvalue weighted by atomic mass is 10.0. The van der Waals surface area contributed by atoms with Crippen molar-refractivity contribution >= 4 is 11.8 Å². The van der Waals surface area contributed by atoms with E-state index in [1.165, 1.54) is 11.1 Å². The largest absolute Gasteiger partial charge is 0.440 e. The Labute approximate surface area is 118 Å². The maximum atomic E-state index is 6.26. The Balaban J connectivity index is 2.25. The standard InChI is InChI=1S/C15H20N2OS/c1-4-13(16)14(12-7-5-6-10(2)8-12)19-15-17-11(3)9-18-15/h5-9,13-14H,4,16H2,1-3H3. The van der Waals surface area contributed by atoms with Gasteiger partial charge in [0.25, 0.3) is 5.22 Å². The zero-order valence-corrected chi connectivity index (χ0v) is 12.4. The highest BCUT2D eigenvalue weighted by Gasteiger charge is 2.22. The van der Waals surface area contributed by atoms with Gasteiger partial charge in [-0.3, -0.25) is 0 Å². The van der Waals surface area contributed by atoms with Crippen molar-refractivity contribution in [2.24, 2.45) is 5.73 Å². The highest BCUT2D eigenvalue weighted by molar-refractivity contribution is 7.99. The van der Waals surface area contributed by atoms with E-state index in [2.05, 4.69) is 43.1 Å². The van der Waals surface area contributed by atoms with Gasteiger partial charge in [0.05, 0.1) is 10.9 Å². The second-order valence-electron chi connectivity index (χ2n) is 4.78. The molecule has 0 fully saturated rings. The summed E-state index contributed by atoms with van der Waals surface area (Å²) in [4.78, 5) is 4.36. The first-order chi connectivity index (χ1) is 9.10. The van der Waals surface area contributed by atoms with Gasteiger partial charge in [-0.2, -0.15) is 0 Å². The molecule has 2 aromatic rings. The lowest BCUT2D eigenvalue weighted by Gasteiger charge is -2.21. The minimum absolute atomic E-state index is 0.0824. The van der Waals surface area contributed by atoms with Crippen molar-refractivity contribution in [2.75, 3.05) is 0 Å². The Bertz CT molecular complexity index is 538. The molecule has 3 nitrogen and oxygen atoms in total. The van der Waals surface area contributed by atoms with Gasteiger partial charge in [0, 0.05) is 6.04 Å². The molecular formula is C15H20N2OS. The molecule has 1 heterocycles. The molecule has 0 saturated carbocycles. The number of hydrogen-bond acceptors (Lipinski definition) is 4. The van der Waals surface area contributed by atoms with Gasteiger partial charge in [0.1, 0.15) is 6.26 Å². The molecule has 2 rings (SSSR count). The van der Waals surface area contributed by atoms with Crippen LogP contribution in [0.1, 0.15) is 35.4 Å². The van der Waals surface area contributed by atoms with Crippen LogP contribution < -0.4 is 5.73 Å². The third kappa shape index (κ3) is 3.61. The fourth-order valence-electron chi connectivity index (χ4n) is 1.96. The van der Waals surface area contributed by atoms with Crippen molar-refractivity contribution in [3.05, 3.63) is 47.3 Å². The van der Waals surface area contributed by atoms with Crippen LogP contribution in [0.4, 0.5) is 0 Å². The molecule has 0 aliphatic heterocycles. The fraction of sp³-hybridized carbons (Fsp3) is 0.400. The smallest absolute Gasteiger partial charge is 0.256 e. The van der Waals surface area contributed by atoms with Crippen LogP contribution in [-0.4, -0.2) is 11.0 Å². The van der Waals surface area contributed by atoms with E-state index in [-0.39, 0.29) is 11.3 Å². The molecule has 1 aromatic carbocycles. The van der Waals surface area contributed by atoms with Gasteiger partial charge in [-0.1, -0.05) is 48.5 Å². The normalized spacial score (nSPS) is 14.3. The lowest BCUT2D eigenvalue weighted by Crippen LogP contribution is -2.25. The first-order valence-corrected chi connectivity index (χ1v) is 7.39. The lowest BCUT2D eigenvalue weighted by molar-refractivity contribution is 0.451. The molecule has 102 valence electrons. The maximum Gasteiger partial charge on any atom is 0.256 e. The number of nitrogens with zero attached hydrogens (tertiary/aromatic N) is 1.